The Morgan fingerprint density at radius 2 is 1.83 bits per heavy atom. The van der Waals surface area contributed by atoms with Crippen LogP contribution in [0.25, 0.3) is 0 Å². The SMILES string of the molecule is O=C(N[C@@H](CCO)C(=O)O)C1C2C3CCC(C3)C12. The van der Waals surface area contributed by atoms with Crippen LogP contribution in [0.5, 0.6) is 0 Å². The van der Waals surface area contributed by atoms with Gasteiger partial charge in [-0.1, -0.05) is 0 Å². The molecule has 0 saturated heterocycles. The molecule has 3 N–H and O–H groups in total. The Balaban J connectivity index is 1.58. The van der Waals surface area contributed by atoms with E-state index in [1.54, 1.807) is 0 Å². The van der Waals surface area contributed by atoms with Gasteiger partial charge in [0.25, 0.3) is 0 Å². The van der Waals surface area contributed by atoms with Gasteiger partial charge in [0.05, 0.1) is 0 Å². The number of hydrogen-bond donors (Lipinski definition) is 3. The number of hydrogen-bond acceptors (Lipinski definition) is 3. The van der Waals surface area contributed by atoms with Gasteiger partial charge in [-0.15, -0.1) is 0 Å². The van der Waals surface area contributed by atoms with Crippen molar-refractivity contribution in [1.82, 2.24) is 5.32 Å². The summed E-state index contributed by atoms with van der Waals surface area (Å²) in [6.07, 6.45) is 3.84. The maximum Gasteiger partial charge on any atom is 0.326 e. The minimum atomic E-state index is -1.06. The molecule has 0 aromatic carbocycles. The zero-order chi connectivity index (χ0) is 12.9. The van der Waals surface area contributed by atoms with Gasteiger partial charge in [-0.05, 0) is 42.9 Å². The number of carboxylic acids is 1. The molecule has 1 amide bonds. The Morgan fingerprint density at radius 3 is 2.33 bits per heavy atom. The third-order valence-electron chi connectivity index (χ3n) is 5.07. The number of rotatable bonds is 5. The predicted octanol–water partition coefficient (Wildman–Crippen LogP) is 0.230. The molecule has 0 aromatic heterocycles. The molecule has 0 heterocycles. The van der Waals surface area contributed by atoms with E-state index in [1.165, 1.54) is 19.3 Å². The lowest BCUT2D eigenvalue weighted by molar-refractivity contribution is -0.142. The highest BCUT2D eigenvalue weighted by Gasteiger charge is 2.67. The number of nitrogens with one attached hydrogen (secondary N) is 1. The second-order valence-electron chi connectivity index (χ2n) is 5.93. The number of aliphatic hydroxyl groups is 1. The summed E-state index contributed by atoms with van der Waals surface area (Å²) in [5.74, 6) is 1.33. The molecule has 5 nitrogen and oxygen atoms in total. The summed E-state index contributed by atoms with van der Waals surface area (Å²) in [4.78, 5) is 23.0. The molecule has 3 saturated carbocycles. The van der Waals surface area contributed by atoms with Crippen LogP contribution in [-0.2, 0) is 9.59 Å². The monoisotopic (exact) mass is 253 g/mol. The zero-order valence-corrected chi connectivity index (χ0v) is 10.2. The van der Waals surface area contributed by atoms with Gasteiger partial charge in [0, 0.05) is 18.9 Å². The van der Waals surface area contributed by atoms with Crippen molar-refractivity contribution < 1.29 is 19.8 Å². The van der Waals surface area contributed by atoms with Crippen LogP contribution in [0.4, 0.5) is 0 Å². The summed E-state index contributed by atoms with van der Waals surface area (Å²) in [6.45, 7) is -0.222. The highest BCUT2D eigenvalue weighted by atomic mass is 16.4. The van der Waals surface area contributed by atoms with E-state index >= 15 is 0 Å². The standard InChI is InChI=1S/C13H19NO4/c15-4-3-8(13(17)18)14-12(16)11-9-6-1-2-7(5-6)10(9)11/h6-11,15H,1-5H2,(H,14,16)(H,17,18)/t6?,7?,8-,9?,10?,11?/m0/s1. The molecule has 3 rings (SSSR count). The van der Waals surface area contributed by atoms with E-state index in [9.17, 15) is 9.59 Å². The molecule has 100 valence electrons. The number of fused-ring (bicyclic) bond motifs is 5. The van der Waals surface area contributed by atoms with Crippen LogP contribution in [-0.4, -0.2) is 34.7 Å². The third kappa shape index (κ3) is 1.72. The molecule has 3 aliphatic rings. The lowest BCUT2D eigenvalue weighted by atomic mass is 10.0. The summed E-state index contributed by atoms with van der Waals surface area (Å²) < 4.78 is 0. The molecule has 3 fully saturated rings. The molecule has 18 heavy (non-hydrogen) atoms. The molecular formula is C13H19NO4. The molecule has 0 radical (unpaired) electrons. The Morgan fingerprint density at radius 1 is 1.22 bits per heavy atom. The number of carbonyl (C=O) groups is 2. The van der Waals surface area contributed by atoms with Gasteiger partial charge in [0.2, 0.25) is 5.91 Å². The first kappa shape index (κ1) is 12.0. The maximum absolute atomic E-state index is 12.1. The van der Waals surface area contributed by atoms with Crippen molar-refractivity contribution in [2.75, 3.05) is 6.61 Å². The molecule has 3 aliphatic carbocycles. The highest BCUT2D eigenvalue weighted by Crippen LogP contribution is 2.69. The van der Waals surface area contributed by atoms with E-state index in [0.717, 1.165) is 0 Å². The Labute approximate surface area is 106 Å². The van der Waals surface area contributed by atoms with Crippen LogP contribution >= 0.6 is 0 Å². The van der Waals surface area contributed by atoms with Crippen molar-refractivity contribution in [2.45, 2.75) is 31.7 Å². The molecule has 5 atom stereocenters. The third-order valence-corrected chi connectivity index (χ3v) is 5.07. The number of aliphatic carboxylic acids is 1. The van der Waals surface area contributed by atoms with Gasteiger partial charge in [0.15, 0.2) is 0 Å². The van der Waals surface area contributed by atoms with Gasteiger partial charge in [-0.25, -0.2) is 4.79 Å². The van der Waals surface area contributed by atoms with Gasteiger partial charge in [-0.3, -0.25) is 4.79 Å². The summed E-state index contributed by atoms with van der Waals surface area (Å²) in [7, 11) is 0. The fourth-order valence-corrected chi connectivity index (χ4v) is 4.33. The second-order valence-corrected chi connectivity index (χ2v) is 5.93. The summed E-state index contributed by atoms with van der Waals surface area (Å²) in [5.41, 5.74) is 0. The van der Waals surface area contributed by atoms with Crippen molar-refractivity contribution in [3.8, 4) is 0 Å². The lowest BCUT2D eigenvalue weighted by Gasteiger charge is -2.15. The first-order valence-corrected chi connectivity index (χ1v) is 6.77. The van der Waals surface area contributed by atoms with Crippen LogP contribution < -0.4 is 5.32 Å². The zero-order valence-electron chi connectivity index (χ0n) is 10.2. The average Bonchev–Trinajstić information content (AvgIpc) is 2.78. The van der Waals surface area contributed by atoms with E-state index in [1.807, 2.05) is 0 Å². The van der Waals surface area contributed by atoms with Crippen LogP contribution in [0, 0.1) is 29.6 Å². The number of amides is 1. The van der Waals surface area contributed by atoms with E-state index in [0.29, 0.717) is 23.7 Å². The van der Waals surface area contributed by atoms with Crippen LogP contribution in [0.3, 0.4) is 0 Å². The van der Waals surface area contributed by atoms with Crippen molar-refractivity contribution >= 4 is 11.9 Å². The van der Waals surface area contributed by atoms with Gasteiger partial charge in [-0.2, -0.15) is 0 Å². The summed E-state index contributed by atoms with van der Waals surface area (Å²) in [5, 5.41) is 20.3. The quantitative estimate of drug-likeness (QED) is 0.654. The minimum Gasteiger partial charge on any atom is -0.480 e. The molecule has 5 heteroatoms. The fraction of sp³-hybridized carbons (Fsp3) is 0.846. The largest absolute Gasteiger partial charge is 0.480 e. The van der Waals surface area contributed by atoms with Gasteiger partial charge < -0.3 is 15.5 Å². The van der Waals surface area contributed by atoms with Crippen molar-refractivity contribution in [3.63, 3.8) is 0 Å². The molecule has 0 spiro atoms. The van der Waals surface area contributed by atoms with Crippen molar-refractivity contribution in [2.24, 2.45) is 29.6 Å². The highest BCUT2D eigenvalue weighted by molar-refractivity contribution is 5.87. The number of aliphatic hydroxyl groups excluding tert-OH is 1. The Hall–Kier alpha value is -1.10. The number of carboxylic acid groups (broad SMARTS) is 1. The second kappa shape index (κ2) is 4.23. The predicted molar refractivity (Wildman–Crippen MR) is 62.6 cm³/mol. The summed E-state index contributed by atoms with van der Waals surface area (Å²) in [6, 6.07) is -0.943. The molecule has 0 aromatic rings. The Kier molecular flexibility index (Phi) is 2.81. The summed E-state index contributed by atoms with van der Waals surface area (Å²) >= 11 is 0. The van der Waals surface area contributed by atoms with E-state index in [2.05, 4.69) is 5.32 Å². The molecule has 4 unspecified atom stereocenters. The van der Waals surface area contributed by atoms with E-state index in [4.69, 9.17) is 10.2 Å². The van der Waals surface area contributed by atoms with Crippen LogP contribution in [0.2, 0.25) is 0 Å². The van der Waals surface area contributed by atoms with Gasteiger partial charge in [0.1, 0.15) is 6.04 Å². The van der Waals surface area contributed by atoms with Crippen LogP contribution in [0.15, 0.2) is 0 Å². The first-order valence-electron chi connectivity index (χ1n) is 6.77. The topological polar surface area (TPSA) is 86.6 Å². The number of carbonyl (C=O) groups excluding carboxylic acids is 1. The molecule has 0 aliphatic heterocycles. The molecular weight excluding hydrogens is 234 g/mol. The average molecular weight is 253 g/mol. The first-order chi connectivity index (χ1) is 8.63. The van der Waals surface area contributed by atoms with Crippen molar-refractivity contribution in [3.05, 3.63) is 0 Å². The van der Waals surface area contributed by atoms with E-state index < -0.39 is 12.0 Å². The van der Waals surface area contributed by atoms with Gasteiger partial charge >= 0.3 is 5.97 Å². The molecule has 2 bridgehead atoms. The van der Waals surface area contributed by atoms with E-state index in [-0.39, 0.29) is 24.9 Å². The maximum atomic E-state index is 12.1. The minimum absolute atomic E-state index is 0.0526. The smallest absolute Gasteiger partial charge is 0.326 e. The van der Waals surface area contributed by atoms with Crippen molar-refractivity contribution in [1.29, 1.82) is 0 Å². The Bertz CT molecular complexity index is 367. The fourth-order valence-electron chi connectivity index (χ4n) is 4.33. The van der Waals surface area contributed by atoms with Crippen LogP contribution in [0.1, 0.15) is 25.7 Å². The lowest BCUT2D eigenvalue weighted by Crippen LogP contribution is -2.42. The normalized spacial score (nSPS) is 41.3.